The standard InChI is InChI=1S/C19H27ClN2O6S/c1-2-3-4-5-6-7-12-22-29(26,27)17-13-14(8-9-15(17)20)16(23)10-11-18(24)28-19(21)25/h8-9,13,22H,2-7,10-12H2,1H3,(H2,21,25). The molecule has 1 aromatic carbocycles. The molecule has 0 bridgehead atoms. The Morgan fingerprint density at radius 2 is 1.72 bits per heavy atom. The molecule has 29 heavy (non-hydrogen) atoms. The van der Waals surface area contributed by atoms with Gasteiger partial charge in [0.1, 0.15) is 4.90 Å². The van der Waals surface area contributed by atoms with Crippen molar-refractivity contribution in [1.29, 1.82) is 0 Å². The van der Waals surface area contributed by atoms with Gasteiger partial charge in [-0.1, -0.05) is 50.6 Å². The van der Waals surface area contributed by atoms with E-state index >= 15 is 0 Å². The van der Waals surface area contributed by atoms with Gasteiger partial charge in [0.25, 0.3) is 0 Å². The van der Waals surface area contributed by atoms with E-state index in [0.29, 0.717) is 6.42 Å². The number of carbonyl (C=O) groups is 3. The highest BCUT2D eigenvalue weighted by Crippen LogP contribution is 2.23. The molecule has 0 unspecified atom stereocenters. The molecule has 0 aromatic heterocycles. The molecule has 3 N–H and O–H groups in total. The van der Waals surface area contributed by atoms with Crippen LogP contribution in [0.1, 0.15) is 68.6 Å². The lowest BCUT2D eigenvalue weighted by Gasteiger charge is -2.10. The number of rotatable bonds is 13. The minimum atomic E-state index is -3.88. The van der Waals surface area contributed by atoms with E-state index in [2.05, 4.69) is 16.4 Å². The van der Waals surface area contributed by atoms with Crippen LogP contribution in [0.4, 0.5) is 4.79 Å². The zero-order chi connectivity index (χ0) is 21.9. The summed E-state index contributed by atoms with van der Waals surface area (Å²) in [6.45, 7) is 2.41. The van der Waals surface area contributed by atoms with Gasteiger partial charge in [0.2, 0.25) is 10.0 Å². The van der Waals surface area contributed by atoms with Crippen LogP contribution in [0.3, 0.4) is 0 Å². The molecule has 0 aliphatic heterocycles. The van der Waals surface area contributed by atoms with Crippen LogP contribution in [0.25, 0.3) is 0 Å². The minimum absolute atomic E-state index is 0.00914. The Hall–Kier alpha value is -1.97. The molecular formula is C19H27ClN2O6S. The highest BCUT2D eigenvalue weighted by molar-refractivity contribution is 7.89. The molecule has 1 rings (SSSR count). The quantitative estimate of drug-likeness (QED) is 0.206. The summed E-state index contributed by atoms with van der Waals surface area (Å²) in [6, 6.07) is 3.86. The summed E-state index contributed by atoms with van der Waals surface area (Å²) < 4.78 is 31.7. The first kappa shape index (κ1) is 25.1. The van der Waals surface area contributed by atoms with Crippen molar-refractivity contribution < 1.29 is 27.5 Å². The molecule has 0 radical (unpaired) electrons. The van der Waals surface area contributed by atoms with Gasteiger partial charge in [0.15, 0.2) is 5.78 Å². The highest BCUT2D eigenvalue weighted by Gasteiger charge is 2.20. The number of esters is 1. The highest BCUT2D eigenvalue weighted by atomic mass is 35.5. The van der Waals surface area contributed by atoms with Crippen LogP contribution in [-0.2, 0) is 19.6 Å². The SMILES string of the molecule is CCCCCCCCNS(=O)(=O)c1cc(C(=O)CCC(=O)OC(N)=O)ccc1Cl. The van der Waals surface area contributed by atoms with Gasteiger partial charge < -0.3 is 10.5 Å². The van der Waals surface area contributed by atoms with Crippen molar-refractivity contribution in [1.82, 2.24) is 4.72 Å². The number of nitrogens with one attached hydrogen (secondary N) is 1. The van der Waals surface area contributed by atoms with E-state index in [4.69, 9.17) is 17.3 Å². The summed E-state index contributed by atoms with van der Waals surface area (Å²) >= 11 is 6.01. The van der Waals surface area contributed by atoms with Gasteiger partial charge >= 0.3 is 12.1 Å². The first-order chi connectivity index (χ1) is 13.7. The van der Waals surface area contributed by atoms with E-state index in [9.17, 15) is 22.8 Å². The van der Waals surface area contributed by atoms with E-state index in [1.807, 2.05) is 0 Å². The van der Waals surface area contributed by atoms with Crippen LogP contribution < -0.4 is 10.5 Å². The van der Waals surface area contributed by atoms with Crippen molar-refractivity contribution in [3.63, 3.8) is 0 Å². The van der Waals surface area contributed by atoms with E-state index in [-0.39, 0.29) is 34.9 Å². The third-order valence-electron chi connectivity index (χ3n) is 4.14. The van der Waals surface area contributed by atoms with Crippen molar-refractivity contribution in [2.24, 2.45) is 5.73 Å². The number of Topliss-reactive ketones (excluding diaryl/α,β-unsaturated/α-hetero) is 1. The Balaban J connectivity index is 2.68. The summed E-state index contributed by atoms with van der Waals surface area (Å²) in [5.74, 6) is -1.43. The van der Waals surface area contributed by atoms with Gasteiger partial charge in [-0.05, 0) is 24.6 Å². The Morgan fingerprint density at radius 1 is 1.07 bits per heavy atom. The molecule has 0 heterocycles. The number of ether oxygens (including phenoxy) is 1. The van der Waals surface area contributed by atoms with Crippen LogP contribution in [-0.4, -0.2) is 32.8 Å². The number of halogens is 1. The predicted molar refractivity (Wildman–Crippen MR) is 109 cm³/mol. The molecular weight excluding hydrogens is 420 g/mol. The predicted octanol–water partition coefficient (Wildman–Crippen LogP) is 3.56. The van der Waals surface area contributed by atoms with Crippen molar-refractivity contribution in [3.05, 3.63) is 28.8 Å². The lowest BCUT2D eigenvalue weighted by Crippen LogP contribution is -2.25. The lowest BCUT2D eigenvalue weighted by atomic mass is 10.1. The second kappa shape index (κ2) is 12.6. The molecule has 1 amide bonds. The van der Waals surface area contributed by atoms with Gasteiger partial charge in [-0.3, -0.25) is 9.59 Å². The zero-order valence-corrected chi connectivity index (χ0v) is 18.0. The number of unbranched alkanes of at least 4 members (excludes halogenated alkanes) is 5. The summed E-state index contributed by atoms with van der Waals surface area (Å²) in [5.41, 5.74) is 4.80. The molecule has 1 aromatic rings. The maximum absolute atomic E-state index is 12.5. The van der Waals surface area contributed by atoms with Gasteiger partial charge in [-0.25, -0.2) is 17.9 Å². The van der Waals surface area contributed by atoms with Gasteiger partial charge in [-0.15, -0.1) is 0 Å². The van der Waals surface area contributed by atoms with Crippen molar-refractivity contribution in [2.75, 3.05) is 6.54 Å². The number of benzene rings is 1. The fourth-order valence-corrected chi connectivity index (χ4v) is 4.19. The largest absolute Gasteiger partial charge is 0.412 e. The molecule has 162 valence electrons. The fourth-order valence-electron chi connectivity index (χ4n) is 2.60. The normalized spacial score (nSPS) is 11.2. The molecule has 0 fully saturated rings. The number of carbonyl (C=O) groups excluding carboxylic acids is 3. The fraction of sp³-hybridized carbons (Fsp3) is 0.526. The average Bonchev–Trinajstić information content (AvgIpc) is 2.65. The summed E-state index contributed by atoms with van der Waals surface area (Å²) in [4.78, 5) is 33.8. The van der Waals surface area contributed by atoms with Gasteiger partial charge in [0, 0.05) is 18.5 Å². The Labute approximate surface area is 176 Å². The van der Waals surface area contributed by atoms with Crippen LogP contribution >= 0.6 is 11.6 Å². The van der Waals surface area contributed by atoms with Crippen molar-refractivity contribution >= 4 is 39.5 Å². The van der Waals surface area contributed by atoms with Crippen LogP contribution in [0.2, 0.25) is 5.02 Å². The molecule has 10 heteroatoms. The monoisotopic (exact) mass is 446 g/mol. The molecule has 0 saturated carbocycles. The Morgan fingerprint density at radius 3 is 2.38 bits per heavy atom. The van der Waals surface area contributed by atoms with Crippen LogP contribution in [0, 0.1) is 0 Å². The van der Waals surface area contributed by atoms with Crippen LogP contribution in [0.15, 0.2) is 23.1 Å². The van der Waals surface area contributed by atoms with Crippen LogP contribution in [0.5, 0.6) is 0 Å². The lowest BCUT2D eigenvalue weighted by molar-refractivity contribution is -0.137. The molecule has 0 aliphatic carbocycles. The molecule has 0 atom stereocenters. The minimum Gasteiger partial charge on any atom is -0.376 e. The number of nitrogens with two attached hydrogens (primary N) is 1. The van der Waals surface area contributed by atoms with Crippen molar-refractivity contribution in [3.8, 4) is 0 Å². The van der Waals surface area contributed by atoms with E-state index in [0.717, 1.165) is 25.7 Å². The molecule has 0 saturated heterocycles. The second-order valence-corrected chi connectivity index (χ2v) is 8.67. The number of sulfonamides is 1. The van der Waals surface area contributed by atoms with Crippen molar-refractivity contribution in [2.45, 2.75) is 63.2 Å². The Bertz CT molecular complexity index is 826. The smallest absolute Gasteiger partial charge is 0.376 e. The maximum atomic E-state index is 12.5. The second-order valence-electron chi connectivity index (χ2n) is 6.53. The maximum Gasteiger partial charge on any atom is 0.412 e. The van der Waals surface area contributed by atoms with E-state index < -0.39 is 27.9 Å². The van der Waals surface area contributed by atoms with E-state index in [1.165, 1.54) is 24.6 Å². The number of primary amides is 1. The third kappa shape index (κ3) is 9.38. The first-order valence-corrected chi connectivity index (χ1v) is 11.4. The number of hydrogen-bond acceptors (Lipinski definition) is 6. The molecule has 0 spiro atoms. The summed E-state index contributed by atoms with van der Waals surface area (Å²) in [5, 5.41) is -0.00914. The summed E-state index contributed by atoms with van der Waals surface area (Å²) in [7, 11) is -3.88. The average molecular weight is 447 g/mol. The first-order valence-electron chi connectivity index (χ1n) is 9.50. The summed E-state index contributed by atoms with van der Waals surface area (Å²) in [6.07, 6.45) is 4.26. The van der Waals surface area contributed by atoms with Gasteiger partial charge in [0.05, 0.1) is 11.4 Å². The third-order valence-corrected chi connectivity index (χ3v) is 6.08. The number of amides is 1. The van der Waals surface area contributed by atoms with Gasteiger partial charge in [-0.2, -0.15) is 0 Å². The molecule has 8 nitrogen and oxygen atoms in total. The number of hydrogen-bond donors (Lipinski definition) is 2. The zero-order valence-electron chi connectivity index (χ0n) is 16.4. The Kier molecular flexibility index (Phi) is 10.9. The molecule has 0 aliphatic rings. The van der Waals surface area contributed by atoms with E-state index in [1.54, 1.807) is 0 Å². The number of ketones is 1. The topological polar surface area (TPSA) is 133 Å².